The van der Waals surface area contributed by atoms with E-state index < -0.39 is 10.2 Å². The van der Waals surface area contributed by atoms with E-state index >= 15 is 0 Å². The molecule has 10 nitrogen and oxygen atoms in total. The number of hydrogen-bond acceptors (Lipinski definition) is 9. The van der Waals surface area contributed by atoms with Crippen LogP contribution in [0.2, 0.25) is 0 Å². The lowest BCUT2D eigenvalue weighted by Gasteiger charge is -2.17. The van der Waals surface area contributed by atoms with Crippen LogP contribution in [0.25, 0.3) is 16.6 Å². The highest BCUT2D eigenvalue weighted by Gasteiger charge is 2.27. The number of nitro groups is 1. The summed E-state index contributed by atoms with van der Waals surface area (Å²) in [6.45, 7) is 0. The zero-order valence-electron chi connectivity index (χ0n) is 13.5. The van der Waals surface area contributed by atoms with Crippen LogP contribution >= 0.6 is 11.3 Å². The predicted molar refractivity (Wildman–Crippen MR) is 82.4 cm³/mol. The highest BCUT2D eigenvalue weighted by atomic mass is 35.7. The minimum Gasteiger partial charge on any atom is -0.258 e. The molecule has 0 spiro atoms. The number of hydrogen-bond donors (Lipinski definition) is 0. The maximum atomic E-state index is 10.7. The number of non-ortho nitro benzene ring substituents is 1. The molecule has 0 unspecified atom stereocenters. The van der Waals surface area contributed by atoms with Crippen molar-refractivity contribution >= 4 is 33.6 Å². The summed E-state index contributed by atoms with van der Waals surface area (Å²) >= 11 is 1.51. The third kappa shape index (κ3) is 4.80. The lowest BCUT2D eigenvalue weighted by atomic mass is 10.1. The molecule has 1 aliphatic rings. The van der Waals surface area contributed by atoms with Crippen molar-refractivity contribution in [2.45, 2.75) is 12.8 Å². The number of rotatable bonds is 2. The summed E-state index contributed by atoms with van der Waals surface area (Å²) in [5.74, 6) is 0. The van der Waals surface area contributed by atoms with Gasteiger partial charge in [-0.25, -0.2) is 18.6 Å². The van der Waals surface area contributed by atoms with E-state index in [9.17, 15) is 10.1 Å². The minimum absolute atomic E-state index is 0.106. The molecule has 4 rings (SSSR count). The number of aryl methyl sites for hydroxylation is 1. The largest absolute Gasteiger partial charge is 0.409 e. The van der Waals surface area contributed by atoms with Crippen molar-refractivity contribution < 1.29 is 38.3 Å². The van der Waals surface area contributed by atoms with E-state index in [0.29, 0.717) is 0 Å². The molecule has 140 valence electrons. The van der Waals surface area contributed by atoms with E-state index in [1.165, 1.54) is 34.6 Å². The first-order valence-corrected chi connectivity index (χ1v) is 9.54. The molecule has 0 amide bonds. The number of nitro benzene ring substituents is 1. The van der Waals surface area contributed by atoms with Gasteiger partial charge in [0, 0.05) is 23.3 Å². The monoisotopic (exact) mass is 410 g/mol. The molecular weight excluding hydrogens is 400 g/mol. The van der Waals surface area contributed by atoms with E-state index in [2.05, 4.69) is 16.2 Å². The van der Waals surface area contributed by atoms with Crippen LogP contribution in [0.4, 0.5) is 5.69 Å². The van der Waals surface area contributed by atoms with Gasteiger partial charge in [-0.15, -0.1) is 10.2 Å². The number of allylic oxidation sites excluding steroid dienone is 1. The van der Waals surface area contributed by atoms with Gasteiger partial charge in [0.15, 0.2) is 5.69 Å². The topological polar surface area (TPSA) is 165 Å². The molecule has 1 aliphatic carbocycles. The molecule has 0 N–H and O–H groups in total. The van der Waals surface area contributed by atoms with Crippen LogP contribution in [0, 0.1) is 20.4 Å². The van der Waals surface area contributed by atoms with Gasteiger partial charge in [-0.3, -0.25) is 10.1 Å². The van der Waals surface area contributed by atoms with Crippen molar-refractivity contribution in [3.63, 3.8) is 0 Å². The molecule has 12 heteroatoms. The smallest absolute Gasteiger partial charge is 0.258 e. The van der Waals surface area contributed by atoms with Crippen molar-refractivity contribution in [3.8, 4) is 0 Å². The summed E-state index contributed by atoms with van der Waals surface area (Å²) in [5.41, 5.74) is 6.32. The molecule has 2 heterocycles. The van der Waals surface area contributed by atoms with Gasteiger partial charge in [-0.2, -0.15) is 0 Å². The third-order valence-corrected chi connectivity index (χ3v) is 4.45. The van der Waals surface area contributed by atoms with E-state index in [1.807, 2.05) is 10.7 Å². The van der Waals surface area contributed by atoms with Crippen LogP contribution in [0.15, 0.2) is 36.0 Å². The first-order chi connectivity index (χ1) is 12.7. The maximum Gasteiger partial charge on any atom is 0.409 e. The molecule has 0 atom stereocenters. The Kier molecular flexibility index (Phi) is 5.41. The number of benzene rings is 1. The molecule has 1 aromatic carbocycles. The van der Waals surface area contributed by atoms with E-state index in [0.717, 1.165) is 29.1 Å². The summed E-state index contributed by atoms with van der Waals surface area (Å²) in [6, 6.07) is 6.60. The molecule has 0 aliphatic heterocycles. The van der Waals surface area contributed by atoms with Gasteiger partial charge in [-0.05, 0) is 52.9 Å². The average molecular weight is 411 g/mol. The second-order valence-corrected chi connectivity index (χ2v) is 7.03. The number of nitrogens with zero attached hydrogens (tertiary/aromatic N) is 4. The Morgan fingerprint density at radius 3 is 2.44 bits per heavy atom. The molecule has 3 aromatic rings. The van der Waals surface area contributed by atoms with Crippen LogP contribution in [0.3, 0.4) is 0 Å². The summed E-state index contributed by atoms with van der Waals surface area (Å²) in [7, 11) is -4.94. The number of fused-ring (bicyclic) bond motifs is 3. The Morgan fingerprint density at radius 2 is 1.81 bits per heavy atom. The number of halogens is 1. The van der Waals surface area contributed by atoms with Gasteiger partial charge in [0.25, 0.3) is 5.69 Å². The van der Waals surface area contributed by atoms with Crippen molar-refractivity contribution in [1.29, 1.82) is 0 Å². The SMILES string of the molecule is O=[N+]([O-])c1ccc(/C=C2/CCc3cnc4scn[n+]4c32)cc1.[O-][Cl+3]([O-])([O-])[O-]. The van der Waals surface area contributed by atoms with Gasteiger partial charge in [0.2, 0.25) is 0 Å². The first-order valence-electron chi connectivity index (χ1n) is 7.43. The Hall–Kier alpha value is -2.54. The van der Waals surface area contributed by atoms with Gasteiger partial charge >= 0.3 is 4.96 Å². The van der Waals surface area contributed by atoms with E-state index in [4.69, 9.17) is 18.6 Å². The molecule has 0 saturated heterocycles. The van der Waals surface area contributed by atoms with Crippen LogP contribution < -0.4 is 23.2 Å². The van der Waals surface area contributed by atoms with Crippen LogP contribution in [-0.4, -0.2) is 15.0 Å². The van der Waals surface area contributed by atoms with Gasteiger partial charge < -0.3 is 0 Å². The second-order valence-electron chi connectivity index (χ2n) is 5.46. The van der Waals surface area contributed by atoms with Crippen molar-refractivity contribution in [1.82, 2.24) is 10.1 Å². The Bertz CT molecular complexity index is 1010. The average Bonchev–Trinajstić information content (AvgIpc) is 3.20. The summed E-state index contributed by atoms with van der Waals surface area (Å²) in [6.07, 6.45) is 5.86. The molecule has 0 fully saturated rings. The Balaban J connectivity index is 0.000000376. The summed E-state index contributed by atoms with van der Waals surface area (Å²) < 4.78 is 35.9. The van der Waals surface area contributed by atoms with Crippen LogP contribution in [0.1, 0.15) is 23.2 Å². The van der Waals surface area contributed by atoms with E-state index in [1.54, 1.807) is 17.6 Å². The molecule has 0 saturated carbocycles. The summed E-state index contributed by atoms with van der Waals surface area (Å²) in [5, 5.41) is 15.1. The van der Waals surface area contributed by atoms with Gasteiger partial charge in [0.05, 0.1) is 4.92 Å². The van der Waals surface area contributed by atoms with Crippen LogP contribution in [0.5, 0.6) is 0 Å². The lowest BCUT2D eigenvalue weighted by Crippen LogP contribution is -2.68. The fourth-order valence-corrected chi connectivity index (χ4v) is 3.32. The van der Waals surface area contributed by atoms with E-state index in [-0.39, 0.29) is 10.6 Å². The third-order valence-electron chi connectivity index (χ3n) is 3.76. The lowest BCUT2D eigenvalue weighted by molar-refractivity contribution is -2.00. The van der Waals surface area contributed by atoms with Gasteiger partial charge in [-0.1, -0.05) is 9.61 Å². The normalized spacial score (nSPS) is 14.7. The molecule has 0 bridgehead atoms. The summed E-state index contributed by atoms with van der Waals surface area (Å²) in [4.78, 5) is 15.6. The van der Waals surface area contributed by atoms with Crippen molar-refractivity contribution in [2.75, 3.05) is 0 Å². The highest BCUT2D eigenvalue weighted by molar-refractivity contribution is 7.14. The fourth-order valence-electron chi connectivity index (χ4n) is 2.73. The zero-order valence-corrected chi connectivity index (χ0v) is 15.1. The molecule has 2 aromatic heterocycles. The van der Waals surface area contributed by atoms with Crippen LogP contribution in [-0.2, 0) is 6.42 Å². The maximum absolute atomic E-state index is 10.7. The number of aromatic nitrogens is 3. The zero-order chi connectivity index (χ0) is 19.6. The second kappa shape index (κ2) is 7.60. The molecule has 0 radical (unpaired) electrons. The van der Waals surface area contributed by atoms with Gasteiger partial charge in [0.1, 0.15) is 11.7 Å². The predicted octanol–water partition coefficient (Wildman–Crippen LogP) is -2.08. The molecular formula is C15H11ClN4O6S. The Morgan fingerprint density at radius 1 is 1.15 bits per heavy atom. The highest BCUT2D eigenvalue weighted by Crippen LogP contribution is 2.31. The molecule has 27 heavy (non-hydrogen) atoms. The first kappa shape index (κ1) is 19.2. The quantitative estimate of drug-likeness (QED) is 0.263. The Labute approximate surface area is 158 Å². The minimum atomic E-state index is -4.94. The van der Waals surface area contributed by atoms with Crippen molar-refractivity contribution in [3.05, 3.63) is 62.9 Å². The van der Waals surface area contributed by atoms with Crippen molar-refractivity contribution in [2.24, 2.45) is 0 Å². The fraction of sp³-hybridized carbons (Fsp3) is 0.133. The standard InChI is InChI=1S/C15H11N4O2S.ClHO4/c20-19(21)13-5-1-10(2-6-13)7-11-3-4-12-8-16-15-18(14(11)12)17-9-22-15;2-1(3,4)5/h1-2,5-9H,3-4H2;(H,2,3,4,5)/q+1;/p-1/b11-7-;.